The van der Waals surface area contributed by atoms with Crippen molar-refractivity contribution in [2.45, 2.75) is 73.3 Å². The Kier molecular flexibility index (Phi) is 8.48. The third kappa shape index (κ3) is 6.14. The van der Waals surface area contributed by atoms with Crippen LogP contribution in [0.4, 0.5) is 0 Å². The zero-order chi connectivity index (χ0) is 25.8. The molecule has 0 aromatic heterocycles. The number of carbonyl (C=O) groups excluding carboxylic acids is 3. The largest absolute Gasteiger partial charge is 0.463 e. The zero-order valence-corrected chi connectivity index (χ0v) is 21.7. The summed E-state index contributed by atoms with van der Waals surface area (Å²) in [7, 11) is 0. The minimum absolute atomic E-state index is 0.0574. The number of ether oxygens (including phenoxy) is 2. The van der Waals surface area contributed by atoms with Crippen molar-refractivity contribution in [1.82, 2.24) is 4.90 Å². The molecule has 1 aromatic rings. The summed E-state index contributed by atoms with van der Waals surface area (Å²) in [4.78, 5) is 40.9. The number of benzene rings is 1. The maximum atomic E-state index is 13.8. The number of aryl methyl sites for hydroxylation is 1. The highest BCUT2D eigenvalue weighted by Crippen LogP contribution is 2.40. The molecule has 2 unspecified atom stereocenters. The van der Waals surface area contributed by atoms with E-state index in [1.54, 1.807) is 41.5 Å². The van der Waals surface area contributed by atoms with Crippen LogP contribution in [0.15, 0.2) is 47.3 Å². The summed E-state index contributed by atoms with van der Waals surface area (Å²) in [6.07, 6.45) is 1.71. The van der Waals surface area contributed by atoms with Gasteiger partial charge in [0.25, 0.3) is 0 Å². The number of hydrogen-bond acceptors (Lipinski definition) is 6. The van der Waals surface area contributed by atoms with Crippen molar-refractivity contribution >= 4 is 17.8 Å². The fourth-order valence-corrected chi connectivity index (χ4v) is 4.13. The number of hydrogen-bond donors (Lipinski definition) is 1. The quantitative estimate of drug-likeness (QED) is 0.595. The molecule has 1 aliphatic rings. The summed E-state index contributed by atoms with van der Waals surface area (Å²) < 4.78 is 10.8. The van der Waals surface area contributed by atoms with Gasteiger partial charge in [-0.1, -0.05) is 35.9 Å². The molecule has 0 fully saturated rings. The predicted octanol–water partition coefficient (Wildman–Crippen LogP) is 4.36. The lowest BCUT2D eigenvalue weighted by molar-refractivity contribution is -0.161. The maximum Gasteiger partial charge on any atom is 0.336 e. The average Bonchev–Trinajstić information content (AvgIpc) is 2.71. The molecule has 0 spiro atoms. The Balaban J connectivity index is 2.53. The molecule has 1 heterocycles. The molecule has 0 saturated carbocycles. The number of amides is 1. The number of rotatable bonds is 7. The van der Waals surface area contributed by atoms with Gasteiger partial charge in [0.2, 0.25) is 5.91 Å². The van der Waals surface area contributed by atoms with Crippen molar-refractivity contribution in [2.75, 3.05) is 13.2 Å². The molecule has 1 aliphatic heterocycles. The van der Waals surface area contributed by atoms with Crippen LogP contribution in [0.3, 0.4) is 0 Å². The molecular weight excluding hydrogens is 432 g/mol. The number of nitrogens with two attached hydrogens (primary N) is 1. The van der Waals surface area contributed by atoms with Crippen LogP contribution < -0.4 is 5.73 Å². The Hall–Kier alpha value is -2.93. The van der Waals surface area contributed by atoms with Crippen LogP contribution >= 0.6 is 0 Å². The van der Waals surface area contributed by atoms with Crippen molar-refractivity contribution in [3.63, 3.8) is 0 Å². The second kappa shape index (κ2) is 10.6. The van der Waals surface area contributed by atoms with E-state index in [4.69, 9.17) is 15.2 Å². The van der Waals surface area contributed by atoms with Gasteiger partial charge in [-0.3, -0.25) is 14.5 Å². The number of esters is 2. The van der Waals surface area contributed by atoms with E-state index in [1.165, 1.54) is 4.90 Å². The number of nitrogens with zero attached hydrogens (tertiary/aromatic N) is 1. The van der Waals surface area contributed by atoms with Crippen LogP contribution in [0.2, 0.25) is 0 Å². The van der Waals surface area contributed by atoms with Crippen molar-refractivity contribution in [3.8, 4) is 0 Å². The first-order chi connectivity index (χ1) is 15.7. The van der Waals surface area contributed by atoms with Crippen molar-refractivity contribution in [1.29, 1.82) is 0 Å². The van der Waals surface area contributed by atoms with Crippen LogP contribution in [0.5, 0.6) is 0 Å². The standard InChI is InChI=1S/C27H38N2O5/c1-9-33-24(31)23-19(4)29(18(3)14-21(23)20-12-10-11-17(2)13-20)25(32)27(8,16-28)15-22(30)34-26(5,6)7/h10-14,21H,9,15-16,28H2,1-8H3. The van der Waals surface area contributed by atoms with E-state index < -0.39 is 23.0 Å². The van der Waals surface area contributed by atoms with Gasteiger partial charge in [0, 0.05) is 23.9 Å². The van der Waals surface area contributed by atoms with Gasteiger partial charge in [-0.15, -0.1) is 0 Å². The summed E-state index contributed by atoms with van der Waals surface area (Å²) in [5, 5.41) is 0. The first kappa shape index (κ1) is 27.3. The molecule has 2 rings (SSSR count). The predicted molar refractivity (Wildman–Crippen MR) is 131 cm³/mol. The summed E-state index contributed by atoms with van der Waals surface area (Å²) in [5.41, 5.74) is 7.64. The first-order valence-electron chi connectivity index (χ1n) is 11.6. The van der Waals surface area contributed by atoms with Gasteiger partial charge in [0.05, 0.1) is 24.0 Å². The first-order valence-corrected chi connectivity index (χ1v) is 11.6. The normalized spacial score (nSPS) is 18.2. The fraction of sp³-hybridized carbons (Fsp3) is 0.519. The van der Waals surface area contributed by atoms with Gasteiger partial charge in [-0.2, -0.15) is 0 Å². The Labute approximate surface area is 203 Å². The van der Waals surface area contributed by atoms with E-state index in [0.717, 1.165) is 11.1 Å². The summed E-state index contributed by atoms with van der Waals surface area (Å²) in [6.45, 7) is 14.4. The van der Waals surface area contributed by atoms with Gasteiger partial charge in [0.1, 0.15) is 5.60 Å². The summed E-state index contributed by atoms with van der Waals surface area (Å²) in [6, 6.07) is 7.90. The van der Waals surface area contributed by atoms with E-state index in [-0.39, 0.29) is 31.4 Å². The third-order valence-corrected chi connectivity index (χ3v) is 5.82. The molecule has 7 heteroatoms. The van der Waals surface area contributed by atoms with Crippen LogP contribution in [0.1, 0.15) is 71.9 Å². The third-order valence-electron chi connectivity index (χ3n) is 5.82. The van der Waals surface area contributed by atoms with Crippen LogP contribution in [0.25, 0.3) is 0 Å². The van der Waals surface area contributed by atoms with Gasteiger partial charge < -0.3 is 15.2 Å². The molecule has 0 radical (unpaired) electrons. The van der Waals surface area contributed by atoms with Gasteiger partial charge in [0.15, 0.2) is 0 Å². The molecule has 2 N–H and O–H groups in total. The van der Waals surface area contributed by atoms with Crippen molar-refractivity contribution in [3.05, 3.63) is 58.4 Å². The summed E-state index contributed by atoms with van der Waals surface area (Å²) in [5.74, 6) is -1.71. The second-order valence-electron chi connectivity index (χ2n) is 10.1. The molecule has 186 valence electrons. The number of carbonyl (C=O) groups is 3. The van der Waals surface area contributed by atoms with E-state index >= 15 is 0 Å². The highest BCUT2D eigenvalue weighted by Gasteiger charge is 2.43. The SMILES string of the molecule is CCOC(=O)C1=C(C)N(C(=O)C(C)(CN)CC(=O)OC(C)(C)C)C(C)=CC1c1cccc(C)c1. The Morgan fingerprint density at radius 3 is 2.26 bits per heavy atom. The fourth-order valence-electron chi connectivity index (χ4n) is 4.13. The molecular formula is C27H38N2O5. The highest BCUT2D eigenvalue weighted by atomic mass is 16.6. The van der Waals surface area contributed by atoms with Crippen LogP contribution in [-0.2, 0) is 23.9 Å². The Morgan fingerprint density at radius 2 is 1.74 bits per heavy atom. The van der Waals surface area contributed by atoms with Gasteiger partial charge in [-0.25, -0.2) is 4.79 Å². The topological polar surface area (TPSA) is 98.9 Å². The monoisotopic (exact) mass is 470 g/mol. The lowest BCUT2D eigenvalue weighted by Gasteiger charge is -2.38. The molecule has 0 saturated heterocycles. The Morgan fingerprint density at radius 1 is 1.09 bits per heavy atom. The molecule has 0 aliphatic carbocycles. The minimum Gasteiger partial charge on any atom is -0.463 e. The Bertz CT molecular complexity index is 1020. The highest BCUT2D eigenvalue weighted by molar-refractivity contribution is 5.96. The van der Waals surface area contributed by atoms with E-state index in [0.29, 0.717) is 17.0 Å². The lowest BCUT2D eigenvalue weighted by atomic mass is 9.81. The number of allylic oxidation sites excluding steroid dienone is 3. The molecule has 2 atom stereocenters. The molecule has 34 heavy (non-hydrogen) atoms. The van der Waals surface area contributed by atoms with E-state index in [2.05, 4.69) is 0 Å². The van der Waals surface area contributed by atoms with Gasteiger partial charge in [-0.05, 0) is 61.0 Å². The average molecular weight is 471 g/mol. The second-order valence-corrected chi connectivity index (χ2v) is 10.1. The van der Waals surface area contributed by atoms with Crippen molar-refractivity contribution < 1.29 is 23.9 Å². The lowest BCUT2D eigenvalue weighted by Crippen LogP contribution is -2.48. The van der Waals surface area contributed by atoms with Crippen LogP contribution in [-0.4, -0.2) is 41.5 Å². The van der Waals surface area contributed by atoms with Gasteiger partial charge >= 0.3 is 11.9 Å². The van der Waals surface area contributed by atoms with E-state index in [1.807, 2.05) is 44.2 Å². The minimum atomic E-state index is -1.21. The van der Waals surface area contributed by atoms with Crippen LogP contribution in [0, 0.1) is 12.3 Å². The molecule has 0 bridgehead atoms. The van der Waals surface area contributed by atoms with Crippen molar-refractivity contribution in [2.24, 2.45) is 11.1 Å². The smallest absolute Gasteiger partial charge is 0.336 e. The molecule has 7 nitrogen and oxygen atoms in total. The summed E-state index contributed by atoms with van der Waals surface area (Å²) >= 11 is 0. The molecule has 1 aromatic carbocycles. The zero-order valence-electron chi connectivity index (χ0n) is 21.7. The van der Waals surface area contributed by atoms with E-state index in [9.17, 15) is 14.4 Å². The maximum absolute atomic E-state index is 13.8. The molecule has 1 amide bonds.